The molecule has 0 saturated heterocycles. The quantitative estimate of drug-likeness (QED) is 0.831. The lowest BCUT2D eigenvalue weighted by Crippen LogP contribution is -2.35. The van der Waals surface area contributed by atoms with Gasteiger partial charge in [-0.25, -0.2) is 9.78 Å². The molecule has 5 heteroatoms. The van der Waals surface area contributed by atoms with Crippen molar-refractivity contribution in [2.45, 2.75) is 39.2 Å². The van der Waals surface area contributed by atoms with E-state index in [1.54, 1.807) is 12.1 Å². The molecule has 1 aliphatic carbocycles. The summed E-state index contributed by atoms with van der Waals surface area (Å²) in [6.07, 6.45) is 3.58. The second-order valence-corrected chi connectivity index (χ2v) is 5.64. The molecule has 110 valence electrons. The molecule has 1 fully saturated rings. The van der Waals surface area contributed by atoms with Crippen LogP contribution in [0.5, 0.6) is 0 Å². The number of hydrogen-bond acceptors (Lipinski definition) is 5. The van der Waals surface area contributed by atoms with E-state index in [9.17, 15) is 4.79 Å². The fourth-order valence-electron chi connectivity index (χ4n) is 2.77. The maximum absolute atomic E-state index is 11.5. The molecule has 0 amide bonds. The van der Waals surface area contributed by atoms with Crippen LogP contribution in [0.3, 0.4) is 0 Å². The van der Waals surface area contributed by atoms with Gasteiger partial charge in [0.05, 0.1) is 12.8 Å². The molecule has 0 aliphatic heterocycles. The van der Waals surface area contributed by atoms with Crippen LogP contribution in [-0.2, 0) is 4.74 Å². The number of carbonyl (C=O) groups is 1. The largest absolute Gasteiger partial charge is 0.464 e. The first-order valence-corrected chi connectivity index (χ1v) is 7.14. The number of carbonyl (C=O) groups excluding carboxylic acids is 1. The van der Waals surface area contributed by atoms with Gasteiger partial charge in [-0.15, -0.1) is 0 Å². The third-order valence-corrected chi connectivity index (χ3v) is 4.35. The van der Waals surface area contributed by atoms with Crippen molar-refractivity contribution in [3.8, 4) is 0 Å². The van der Waals surface area contributed by atoms with Gasteiger partial charge in [-0.3, -0.25) is 0 Å². The summed E-state index contributed by atoms with van der Waals surface area (Å²) in [5.74, 6) is 1.38. The number of rotatable bonds is 3. The fourth-order valence-corrected chi connectivity index (χ4v) is 2.77. The van der Waals surface area contributed by atoms with Crippen LogP contribution in [0, 0.1) is 11.8 Å². The molecule has 3 N–H and O–H groups in total. The Morgan fingerprint density at radius 2 is 2.15 bits per heavy atom. The van der Waals surface area contributed by atoms with Crippen molar-refractivity contribution in [2.75, 3.05) is 18.2 Å². The Morgan fingerprint density at radius 1 is 1.40 bits per heavy atom. The lowest BCUT2D eigenvalue weighted by molar-refractivity contribution is 0.0594. The number of hydrogen-bond donors (Lipinski definition) is 2. The lowest BCUT2D eigenvalue weighted by Gasteiger charge is -2.35. The van der Waals surface area contributed by atoms with Crippen molar-refractivity contribution in [1.29, 1.82) is 0 Å². The van der Waals surface area contributed by atoms with E-state index in [4.69, 9.17) is 5.73 Å². The number of nitrogens with two attached hydrogens (primary N) is 1. The zero-order chi connectivity index (χ0) is 14.7. The lowest BCUT2D eigenvalue weighted by atomic mass is 9.78. The smallest absolute Gasteiger partial charge is 0.356 e. The second-order valence-electron chi connectivity index (χ2n) is 5.64. The maximum atomic E-state index is 11.5. The third kappa shape index (κ3) is 3.03. The van der Waals surface area contributed by atoms with Crippen molar-refractivity contribution < 1.29 is 9.53 Å². The Labute approximate surface area is 119 Å². The molecule has 0 spiro atoms. The van der Waals surface area contributed by atoms with Crippen LogP contribution in [0.25, 0.3) is 0 Å². The Morgan fingerprint density at radius 3 is 2.85 bits per heavy atom. The summed E-state index contributed by atoms with van der Waals surface area (Å²) in [7, 11) is 1.35. The van der Waals surface area contributed by atoms with Gasteiger partial charge >= 0.3 is 5.97 Å². The topological polar surface area (TPSA) is 77.2 Å². The van der Waals surface area contributed by atoms with Crippen LogP contribution in [-0.4, -0.2) is 24.1 Å². The number of ether oxygens (including phenoxy) is 1. The number of pyridine rings is 1. The van der Waals surface area contributed by atoms with Crippen molar-refractivity contribution in [3.63, 3.8) is 0 Å². The summed E-state index contributed by atoms with van der Waals surface area (Å²) in [6.45, 7) is 4.53. The predicted octanol–water partition coefficient (Wildman–Crippen LogP) is 2.69. The molecule has 20 heavy (non-hydrogen) atoms. The highest BCUT2D eigenvalue weighted by molar-refractivity contribution is 5.88. The summed E-state index contributed by atoms with van der Waals surface area (Å²) in [5, 5.41) is 3.40. The van der Waals surface area contributed by atoms with Crippen LogP contribution >= 0.6 is 0 Å². The van der Waals surface area contributed by atoms with Gasteiger partial charge in [0.15, 0.2) is 5.69 Å². The minimum absolute atomic E-state index is 0.278. The molecule has 0 radical (unpaired) electrons. The highest BCUT2D eigenvalue weighted by atomic mass is 16.5. The SMILES string of the molecule is COC(=O)c1ccc(N)c(NC2CCCC(C)C2C)n1. The first kappa shape index (κ1) is 14.6. The number of methoxy groups -OCH3 is 1. The Balaban J connectivity index is 2.17. The molecular weight excluding hydrogens is 254 g/mol. The molecular formula is C15H23N3O2. The first-order valence-electron chi connectivity index (χ1n) is 7.14. The van der Waals surface area contributed by atoms with E-state index in [-0.39, 0.29) is 5.69 Å². The number of nitrogens with one attached hydrogen (secondary N) is 1. The van der Waals surface area contributed by atoms with Gasteiger partial charge < -0.3 is 15.8 Å². The molecule has 3 atom stereocenters. The molecule has 1 aromatic heterocycles. The Kier molecular flexibility index (Phi) is 4.47. The number of nitrogens with zero attached hydrogens (tertiary/aromatic N) is 1. The summed E-state index contributed by atoms with van der Waals surface area (Å²) in [4.78, 5) is 15.8. The summed E-state index contributed by atoms with van der Waals surface area (Å²) < 4.78 is 4.69. The van der Waals surface area contributed by atoms with Gasteiger partial charge in [0, 0.05) is 6.04 Å². The Hall–Kier alpha value is -1.78. The summed E-state index contributed by atoms with van der Waals surface area (Å²) >= 11 is 0. The van der Waals surface area contributed by atoms with Gasteiger partial charge in [0.2, 0.25) is 0 Å². The van der Waals surface area contributed by atoms with Crippen molar-refractivity contribution >= 4 is 17.5 Å². The number of anilines is 2. The zero-order valence-electron chi connectivity index (χ0n) is 12.3. The van der Waals surface area contributed by atoms with E-state index in [2.05, 4.69) is 28.9 Å². The Bertz CT molecular complexity index is 490. The standard InChI is InChI=1S/C15H23N3O2/c1-9-5-4-6-12(10(9)2)17-14-11(16)7-8-13(18-14)15(19)20-3/h7-10,12H,4-6,16H2,1-3H3,(H,17,18). The van der Waals surface area contributed by atoms with Crippen LogP contribution in [0.1, 0.15) is 43.6 Å². The van der Waals surface area contributed by atoms with E-state index in [0.717, 1.165) is 6.42 Å². The highest BCUT2D eigenvalue weighted by Crippen LogP contribution is 2.32. The molecule has 5 nitrogen and oxygen atoms in total. The monoisotopic (exact) mass is 277 g/mol. The van der Waals surface area contributed by atoms with E-state index in [0.29, 0.717) is 29.4 Å². The minimum atomic E-state index is -0.446. The van der Waals surface area contributed by atoms with Crippen LogP contribution in [0.4, 0.5) is 11.5 Å². The normalized spacial score (nSPS) is 26.1. The number of esters is 1. The average molecular weight is 277 g/mol. The molecule has 0 bridgehead atoms. The molecule has 3 unspecified atom stereocenters. The summed E-state index contributed by atoms with van der Waals surface area (Å²) in [6, 6.07) is 3.62. The molecule has 1 saturated carbocycles. The maximum Gasteiger partial charge on any atom is 0.356 e. The van der Waals surface area contributed by atoms with Gasteiger partial charge in [0.1, 0.15) is 5.82 Å². The average Bonchev–Trinajstić information content (AvgIpc) is 2.45. The van der Waals surface area contributed by atoms with Gasteiger partial charge in [-0.05, 0) is 30.4 Å². The fraction of sp³-hybridized carbons (Fsp3) is 0.600. The predicted molar refractivity (Wildman–Crippen MR) is 79.6 cm³/mol. The van der Waals surface area contributed by atoms with E-state index >= 15 is 0 Å². The highest BCUT2D eigenvalue weighted by Gasteiger charge is 2.27. The van der Waals surface area contributed by atoms with Gasteiger partial charge in [-0.1, -0.05) is 26.7 Å². The second kappa shape index (κ2) is 6.11. The van der Waals surface area contributed by atoms with Crippen molar-refractivity contribution in [3.05, 3.63) is 17.8 Å². The van der Waals surface area contributed by atoms with Crippen LogP contribution in [0.2, 0.25) is 0 Å². The van der Waals surface area contributed by atoms with Crippen LogP contribution in [0.15, 0.2) is 12.1 Å². The molecule has 1 heterocycles. The molecule has 2 rings (SSSR count). The van der Waals surface area contributed by atoms with Crippen molar-refractivity contribution in [1.82, 2.24) is 4.98 Å². The minimum Gasteiger partial charge on any atom is -0.464 e. The summed E-state index contributed by atoms with van der Waals surface area (Å²) in [5.41, 5.74) is 6.79. The first-order chi connectivity index (χ1) is 9.52. The van der Waals surface area contributed by atoms with Gasteiger partial charge in [0.25, 0.3) is 0 Å². The molecule has 1 aromatic rings. The zero-order valence-corrected chi connectivity index (χ0v) is 12.3. The van der Waals surface area contributed by atoms with Gasteiger partial charge in [-0.2, -0.15) is 0 Å². The third-order valence-electron chi connectivity index (χ3n) is 4.35. The number of nitrogen functional groups attached to an aromatic ring is 1. The van der Waals surface area contributed by atoms with Crippen LogP contribution < -0.4 is 11.1 Å². The van der Waals surface area contributed by atoms with E-state index in [1.807, 2.05) is 0 Å². The molecule has 0 aromatic carbocycles. The molecule has 1 aliphatic rings. The number of aromatic nitrogens is 1. The van der Waals surface area contributed by atoms with E-state index in [1.165, 1.54) is 20.0 Å². The van der Waals surface area contributed by atoms with E-state index < -0.39 is 5.97 Å². The van der Waals surface area contributed by atoms with Crippen molar-refractivity contribution in [2.24, 2.45) is 11.8 Å².